The van der Waals surface area contributed by atoms with Crippen molar-refractivity contribution in [1.29, 1.82) is 0 Å². The molecule has 0 saturated carbocycles. The number of hydrogen-bond acceptors (Lipinski definition) is 4. The standard InChI is InChI=1S/C30H33FN2O3S/c31-26-12-16-28(17-13-26)37(35,36)33-21-5-8-29(33)30(34)18-9-23-6-4-7-25(22-23)24-10-14-27(15-11-24)32-19-2-1-3-20-32/h4,6-7,10-17,22,29H,1-3,5,8-9,18-21H2/t29-/m0/s1. The van der Waals surface area contributed by atoms with Gasteiger partial charge in [-0.15, -0.1) is 0 Å². The maximum absolute atomic E-state index is 13.3. The quantitative estimate of drug-likeness (QED) is 0.375. The van der Waals surface area contributed by atoms with E-state index in [-0.39, 0.29) is 17.1 Å². The second-order valence-corrected chi connectivity index (χ2v) is 11.9. The van der Waals surface area contributed by atoms with Crippen molar-refractivity contribution in [3.05, 3.63) is 84.2 Å². The van der Waals surface area contributed by atoms with E-state index in [1.165, 1.54) is 41.4 Å². The minimum Gasteiger partial charge on any atom is -0.372 e. The van der Waals surface area contributed by atoms with E-state index in [1.54, 1.807) is 0 Å². The molecule has 0 aliphatic carbocycles. The van der Waals surface area contributed by atoms with Crippen molar-refractivity contribution in [1.82, 2.24) is 4.31 Å². The Kier molecular flexibility index (Phi) is 7.72. The summed E-state index contributed by atoms with van der Waals surface area (Å²) in [6.45, 7) is 2.54. The van der Waals surface area contributed by atoms with E-state index >= 15 is 0 Å². The van der Waals surface area contributed by atoms with E-state index in [4.69, 9.17) is 0 Å². The number of hydrogen-bond donors (Lipinski definition) is 0. The Morgan fingerprint density at radius 1 is 0.838 bits per heavy atom. The topological polar surface area (TPSA) is 57.7 Å². The van der Waals surface area contributed by atoms with Gasteiger partial charge in [-0.25, -0.2) is 12.8 Å². The first-order valence-corrected chi connectivity index (χ1v) is 14.6. The smallest absolute Gasteiger partial charge is 0.243 e. The number of halogens is 1. The van der Waals surface area contributed by atoms with Crippen molar-refractivity contribution < 1.29 is 17.6 Å². The van der Waals surface area contributed by atoms with Gasteiger partial charge in [0.1, 0.15) is 5.82 Å². The molecular weight excluding hydrogens is 487 g/mol. The zero-order valence-corrected chi connectivity index (χ0v) is 21.8. The van der Waals surface area contributed by atoms with Gasteiger partial charge in [0.25, 0.3) is 0 Å². The molecule has 37 heavy (non-hydrogen) atoms. The molecule has 0 N–H and O–H groups in total. The highest BCUT2D eigenvalue weighted by atomic mass is 32.2. The fourth-order valence-corrected chi connectivity index (χ4v) is 7.13. The van der Waals surface area contributed by atoms with Crippen LogP contribution in [0.5, 0.6) is 0 Å². The fourth-order valence-electron chi connectivity index (χ4n) is 5.45. The van der Waals surface area contributed by atoms with Crippen LogP contribution in [-0.2, 0) is 21.2 Å². The third-order valence-corrected chi connectivity index (χ3v) is 9.43. The Morgan fingerprint density at radius 3 is 2.30 bits per heavy atom. The molecule has 0 spiro atoms. The van der Waals surface area contributed by atoms with Crippen molar-refractivity contribution >= 4 is 21.5 Å². The van der Waals surface area contributed by atoms with Crippen LogP contribution in [0.3, 0.4) is 0 Å². The largest absolute Gasteiger partial charge is 0.372 e. The molecule has 3 aromatic rings. The van der Waals surface area contributed by atoms with Crippen LogP contribution in [0.4, 0.5) is 10.1 Å². The van der Waals surface area contributed by atoms with Gasteiger partial charge >= 0.3 is 0 Å². The summed E-state index contributed by atoms with van der Waals surface area (Å²) in [4.78, 5) is 15.6. The number of ketones is 1. The van der Waals surface area contributed by atoms with E-state index in [2.05, 4.69) is 41.3 Å². The molecule has 2 saturated heterocycles. The zero-order valence-electron chi connectivity index (χ0n) is 21.0. The molecule has 0 radical (unpaired) electrons. The molecule has 0 amide bonds. The lowest BCUT2D eigenvalue weighted by Crippen LogP contribution is -2.40. The molecule has 7 heteroatoms. The van der Waals surface area contributed by atoms with Crippen LogP contribution >= 0.6 is 0 Å². The third-order valence-electron chi connectivity index (χ3n) is 7.50. The molecule has 0 aromatic heterocycles. The molecule has 1 atom stereocenters. The molecule has 5 rings (SSSR count). The average molecular weight is 521 g/mol. The van der Waals surface area contributed by atoms with E-state index in [9.17, 15) is 17.6 Å². The fraction of sp³-hybridized carbons (Fsp3) is 0.367. The number of Topliss-reactive ketones (excluding diaryl/α,β-unsaturated/α-hetero) is 1. The normalized spacial score (nSPS) is 18.7. The van der Waals surface area contributed by atoms with Gasteiger partial charge in [-0.2, -0.15) is 4.31 Å². The summed E-state index contributed by atoms with van der Waals surface area (Å²) < 4.78 is 40.8. The molecule has 2 aliphatic heterocycles. The summed E-state index contributed by atoms with van der Waals surface area (Å²) in [5.41, 5.74) is 4.57. The Balaban J connectivity index is 1.23. The number of rotatable bonds is 8. The number of benzene rings is 3. The Morgan fingerprint density at radius 2 is 1.57 bits per heavy atom. The zero-order chi connectivity index (χ0) is 25.8. The molecular formula is C30H33FN2O3S. The summed E-state index contributed by atoms with van der Waals surface area (Å²) in [6, 6.07) is 21.0. The summed E-state index contributed by atoms with van der Waals surface area (Å²) in [6.07, 6.45) is 5.80. The van der Waals surface area contributed by atoms with Crippen molar-refractivity contribution in [2.45, 2.75) is 55.9 Å². The van der Waals surface area contributed by atoms with Crippen LogP contribution in [0.15, 0.2) is 77.7 Å². The SMILES string of the molecule is O=C(CCc1cccc(-c2ccc(N3CCCCC3)cc2)c1)[C@@H]1CCCN1S(=O)(=O)c1ccc(F)cc1. The lowest BCUT2D eigenvalue weighted by molar-refractivity contribution is -0.122. The Labute approximate surface area is 219 Å². The molecule has 3 aromatic carbocycles. The minimum atomic E-state index is -3.84. The number of anilines is 1. The summed E-state index contributed by atoms with van der Waals surface area (Å²) >= 11 is 0. The number of carbonyl (C=O) groups excluding carboxylic acids is 1. The number of carbonyl (C=O) groups is 1. The van der Waals surface area contributed by atoms with Gasteiger partial charge in [0.2, 0.25) is 10.0 Å². The van der Waals surface area contributed by atoms with Gasteiger partial charge in [-0.3, -0.25) is 4.79 Å². The monoisotopic (exact) mass is 520 g/mol. The van der Waals surface area contributed by atoms with Crippen molar-refractivity contribution in [3.63, 3.8) is 0 Å². The molecule has 0 bridgehead atoms. The number of aryl methyl sites for hydroxylation is 1. The first kappa shape index (κ1) is 25.6. The van der Waals surface area contributed by atoms with Gasteiger partial charge in [0.05, 0.1) is 10.9 Å². The van der Waals surface area contributed by atoms with E-state index in [0.717, 1.165) is 41.9 Å². The van der Waals surface area contributed by atoms with Crippen LogP contribution in [0, 0.1) is 5.82 Å². The lowest BCUT2D eigenvalue weighted by atomic mass is 9.98. The maximum atomic E-state index is 13.3. The van der Waals surface area contributed by atoms with Crippen molar-refractivity contribution in [2.24, 2.45) is 0 Å². The Hall–Kier alpha value is -3.03. The highest BCUT2D eigenvalue weighted by Gasteiger charge is 2.38. The second-order valence-electron chi connectivity index (χ2n) is 9.99. The first-order chi connectivity index (χ1) is 17.9. The average Bonchev–Trinajstić information content (AvgIpc) is 3.44. The van der Waals surface area contributed by atoms with Crippen LogP contribution in [0.2, 0.25) is 0 Å². The van der Waals surface area contributed by atoms with E-state index < -0.39 is 21.9 Å². The van der Waals surface area contributed by atoms with Gasteiger partial charge < -0.3 is 4.90 Å². The minimum absolute atomic E-state index is 0.0209. The highest BCUT2D eigenvalue weighted by Crippen LogP contribution is 2.29. The second kappa shape index (κ2) is 11.2. The lowest BCUT2D eigenvalue weighted by Gasteiger charge is -2.28. The molecule has 2 aliphatic rings. The summed E-state index contributed by atoms with van der Waals surface area (Å²) in [5, 5.41) is 0. The summed E-state index contributed by atoms with van der Waals surface area (Å²) in [7, 11) is -3.84. The van der Waals surface area contributed by atoms with Crippen molar-refractivity contribution in [2.75, 3.05) is 24.5 Å². The van der Waals surface area contributed by atoms with Crippen LogP contribution in [0.25, 0.3) is 11.1 Å². The Bertz CT molecular complexity index is 1330. The molecule has 2 heterocycles. The first-order valence-electron chi connectivity index (χ1n) is 13.2. The van der Waals surface area contributed by atoms with E-state index in [0.29, 0.717) is 25.8 Å². The number of sulfonamides is 1. The number of piperidine rings is 1. The van der Waals surface area contributed by atoms with Crippen molar-refractivity contribution in [3.8, 4) is 11.1 Å². The van der Waals surface area contributed by atoms with Crippen LogP contribution in [0.1, 0.15) is 44.1 Å². The molecule has 194 valence electrons. The van der Waals surface area contributed by atoms with Gasteiger partial charge in [-0.1, -0.05) is 36.4 Å². The van der Waals surface area contributed by atoms with Crippen LogP contribution < -0.4 is 4.90 Å². The molecule has 5 nitrogen and oxygen atoms in total. The molecule has 2 fully saturated rings. The predicted molar refractivity (Wildman–Crippen MR) is 145 cm³/mol. The van der Waals surface area contributed by atoms with Crippen LogP contribution in [-0.4, -0.2) is 44.2 Å². The van der Waals surface area contributed by atoms with Gasteiger partial charge in [0.15, 0.2) is 5.78 Å². The highest BCUT2D eigenvalue weighted by molar-refractivity contribution is 7.89. The van der Waals surface area contributed by atoms with Gasteiger partial charge in [-0.05, 0) is 91.6 Å². The predicted octanol–water partition coefficient (Wildman–Crippen LogP) is 5.84. The number of nitrogens with zero attached hydrogens (tertiary/aromatic N) is 2. The van der Waals surface area contributed by atoms with E-state index in [1.807, 2.05) is 12.1 Å². The molecule has 0 unspecified atom stereocenters. The maximum Gasteiger partial charge on any atom is 0.243 e. The third kappa shape index (κ3) is 5.78. The van der Waals surface area contributed by atoms with Gasteiger partial charge in [0, 0.05) is 31.7 Å². The summed E-state index contributed by atoms with van der Waals surface area (Å²) in [5.74, 6) is -0.562.